The number of furan rings is 1. The molecular formula is C42H31IrN3O-2. The van der Waals surface area contributed by atoms with Crippen LogP contribution in [-0.2, 0) is 26.5 Å². The van der Waals surface area contributed by atoms with Crippen molar-refractivity contribution in [1.29, 1.82) is 0 Å². The molecule has 0 amide bonds. The van der Waals surface area contributed by atoms with Crippen molar-refractivity contribution in [1.82, 2.24) is 15.0 Å². The second-order valence-corrected chi connectivity index (χ2v) is 11.3. The van der Waals surface area contributed by atoms with Gasteiger partial charge in [-0.1, -0.05) is 108 Å². The molecule has 4 aromatic carbocycles. The number of hydrogen-bond donors (Lipinski definition) is 0. The van der Waals surface area contributed by atoms with Crippen molar-refractivity contribution in [2.75, 3.05) is 0 Å². The Morgan fingerprint density at radius 2 is 1.43 bits per heavy atom. The summed E-state index contributed by atoms with van der Waals surface area (Å²) in [6, 6.07) is 46.0. The molecule has 47 heavy (non-hydrogen) atoms. The maximum absolute atomic E-state index is 6.36. The van der Waals surface area contributed by atoms with Crippen molar-refractivity contribution >= 4 is 21.9 Å². The van der Waals surface area contributed by atoms with Gasteiger partial charge >= 0.3 is 0 Å². The SMILES string of the molecule is Cc1cc(-c2[c-]nc(Cc3ccccc3)c3c2oc2ccccc23)ncc1-c1ccccc1.Cc1ccc(-c2[c-]cccc2)nc1.[Ir]. The molecule has 0 aliphatic carbocycles. The van der Waals surface area contributed by atoms with E-state index in [0.717, 1.165) is 73.3 Å². The van der Waals surface area contributed by atoms with Gasteiger partial charge in [0.05, 0.1) is 5.58 Å². The van der Waals surface area contributed by atoms with Gasteiger partial charge in [0, 0.05) is 43.4 Å². The normalized spacial score (nSPS) is 10.7. The average molecular weight is 786 g/mol. The molecule has 4 nitrogen and oxygen atoms in total. The second kappa shape index (κ2) is 14.5. The van der Waals surface area contributed by atoms with Gasteiger partial charge in [-0.15, -0.1) is 35.9 Å². The van der Waals surface area contributed by atoms with E-state index in [4.69, 9.17) is 14.4 Å². The summed E-state index contributed by atoms with van der Waals surface area (Å²) in [7, 11) is 0. The van der Waals surface area contributed by atoms with Gasteiger partial charge in [-0.25, -0.2) is 0 Å². The first-order valence-corrected chi connectivity index (χ1v) is 15.3. The van der Waals surface area contributed by atoms with E-state index in [9.17, 15) is 0 Å². The largest absolute Gasteiger partial charge is 0.500 e. The maximum Gasteiger partial charge on any atom is 0.121 e. The van der Waals surface area contributed by atoms with Gasteiger partial charge in [0.2, 0.25) is 0 Å². The van der Waals surface area contributed by atoms with E-state index in [-0.39, 0.29) is 20.1 Å². The van der Waals surface area contributed by atoms with Gasteiger partial charge < -0.3 is 19.4 Å². The molecule has 8 aromatic rings. The summed E-state index contributed by atoms with van der Waals surface area (Å²) in [5.74, 6) is 0. The first-order chi connectivity index (χ1) is 22.6. The van der Waals surface area contributed by atoms with Gasteiger partial charge in [0.25, 0.3) is 0 Å². The van der Waals surface area contributed by atoms with Crippen LogP contribution in [0.3, 0.4) is 0 Å². The second-order valence-electron chi connectivity index (χ2n) is 11.3. The molecule has 0 bridgehead atoms. The van der Waals surface area contributed by atoms with Gasteiger partial charge in [0.15, 0.2) is 0 Å². The van der Waals surface area contributed by atoms with Gasteiger partial charge in [-0.2, -0.15) is 0 Å². The number of aryl methyl sites for hydroxylation is 2. The van der Waals surface area contributed by atoms with Crippen molar-refractivity contribution in [3.05, 3.63) is 174 Å². The summed E-state index contributed by atoms with van der Waals surface area (Å²) >= 11 is 0. The Morgan fingerprint density at radius 1 is 0.702 bits per heavy atom. The predicted octanol–water partition coefficient (Wildman–Crippen LogP) is 10.3. The Hall–Kier alpha value is -5.22. The van der Waals surface area contributed by atoms with Crippen LogP contribution in [0.1, 0.15) is 22.4 Å². The summed E-state index contributed by atoms with van der Waals surface area (Å²) < 4.78 is 6.36. The molecular weight excluding hydrogens is 755 g/mol. The number of nitrogens with zero attached hydrogens (tertiary/aromatic N) is 3. The molecule has 0 saturated carbocycles. The van der Waals surface area contributed by atoms with Crippen LogP contribution in [0.2, 0.25) is 0 Å². The number of para-hydroxylation sites is 1. The van der Waals surface area contributed by atoms with Crippen molar-refractivity contribution in [3.8, 4) is 33.6 Å². The Morgan fingerprint density at radius 3 is 2.15 bits per heavy atom. The third kappa shape index (κ3) is 6.97. The summed E-state index contributed by atoms with van der Waals surface area (Å²) in [6.07, 6.45) is 7.78. The number of pyridine rings is 3. The molecule has 0 N–H and O–H groups in total. The van der Waals surface area contributed by atoms with Gasteiger partial charge in [-0.3, -0.25) is 0 Å². The van der Waals surface area contributed by atoms with Crippen LogP contribution in [0, 0.1) is 26.1 Å². The van der Waals surface area contributed by atoms with Crippen LogP contribution in [-0.4, -0.2) is 15.0 Å². The molecule has 1 radical (unpaired) electrons. The zero-order valence-electron chi connectivity index (χ0n) is 26.1. The molecule has 4 aromatic heterocycles. The molecule has 4 heterocycles. The Bertz CT molecular complexity index is 2230. The molecule has 0 saturated heterocycles. The fourth-order valence-electron chi connectivity index (χ4n) is 5.62. The van der Waals surface area contributed by atoms with E-state index in [0.29, 0.717) is 0 Å². The molecule has 0 fully saturated rings. The minimum Gasteiger partial charge on any atom is -0.500 e. The van der Waals surface area contributed by atoms with Gasteiger partial charge in [-0.05, 0) is 71.7 Å². The van der Waals surface area contributed by atoms with Crippen molar-refractivity contribution in [2.24, 2.45) is 0 Å². The van der Waals surface area contributed by atoms with Crippen LogP contribution >= 0.6 is 0 Å². The standard InChI is InChI=1S/C30H21N2O.C12H10N.Ir/c1-20-16-26(31-18-24(20)22-12-6-3-7-13-22)25-19-32-27(17-21-10-4-2-5-11-21)29-23-14-8-9-15-28(23)33-30(25)29;1-10-7-8-12(13-9-10)11-5-3-2-4-6-11;/h2-16,18H,17H2,1H3;2-5,7-9H,1H3;/q2*-1;. The number of rotatable bonds is 5. The first kappa shape index (κ1) is 31.7. The summed E-state index contributed by atoms with van der Waals surface area (Å²) in [6.45, 7) is 4.14. The Kier molecular flexibility index (Phi) is 9.77. The molecule has 0 aliphatic rings. The number of aromatic nitrogens is 3. The fourth-order valence-corrected chi connectivity index (χ4v) is 5.62. The maximum atomic E-state index is 6.36. The minimum absolute atomic E-state index is 0. The van der Waals surface area contributed by atoms with E-state index in [1.54, 1.807) is 0 Å². The summed E-state index contributed by atoms with van der Waals surface area (Å²) in [4.78, 5) is 13.9. The van der Waals surface area contributed by atoms with Crippen molar-refractivity contribution in [3.63, 3.8) is 0 Å². The average Bonchev–Trinajstić information content (AvgIpc) is 3.50. The number of hydrogen-bond acceptors (Lipinski definition) is 4. The first-order valence-electron chi connectivity index (χ1n) is 15.3. The monoisotopic (exact) mass is 786 g/mol. The minimum atomic E-state index is 0. The smallest absolute Gasteiger partial charge is 0.121 e. The molecule has 0 aliphatic heterocycles. The van der Waals surface area contributed by atoms with Crippen LogP contribution in [0.4, 0.5) is 0 Å². The number of benzene rings is 4. The zero-order valence-corrected chi connectivity index (χ0v) is 28.5. The molecule has 0 unspecified atom stereocenters. The van der Waals surface area contributed by atoms with Crippen LogP contribution in [0.15, 0.2) is 144 Å². The van der Waals surface area contributed by atoms with E-state index < -0.39 is 0 Å². The third-order valence-electron chi connectivity index (χ3n) is 7.98. The Labute approximate surface area is 288 Å². The quantitative estimate of drug-likeness (QED) is 0.163. The van der Waals surface area contributed by atoms with E-state index in [1.807, 2.05) is 92.1 Å². The van der Waals surface area contributed by atoms with Crippen LogP contribution < -0.4 is 0 Å². The molecule has 5 heteroatoms. The zero-order chi connectivity index (χ0) is 31.3. The van der Waals surface area contributed by atoms with E-state index in [2.05, 4.69) is 78.8 Å². The van der Waals surface area contributed by atoms with Gasteiger partial charge in [0.1, 0.15) is 5.58 Å². The third-order valence-corrected chi connectivity index (χ3v) is 7.98. The Balaban J connectivity index is 0.000000232. The molecule has 0 atom stereocenters. The van der Waals surface area contributed by atoms with E-state index >= 15 is 0 Å². The predicted molar refractivity (Wildman–Crippen MR) is 186 cm³/mol. The summed E-state index contributed by atoms with van der Waals surface area (Å²) in [5.41, 5.74) is 12.0. The number of fused-ring (bicyclic) bond motifs is 3. The molecule has 231 valence electrons. The molecule has 0 spiro atoms. The molecule has 8 rings (SSSR count). The van der Waals surface area contributed by atoms with E-state index in [1.165, 1.54) is 11.1 Å². The van der Waals surface area contributed by atoms with Crippen molar-refractivity contribution < 1.29 is 24.5 Å². The van der Waals surface area contributed by atoms with Crippen molar-refractivity contribution in [2.45, 2.75) is 20.3 Å². The fraction of sp³-hybridized carbons (Fsp3) is 0.0714. The van der Waals surface area contributed by atoms with Crippen LogP contribution in [0.25, 0.3) is 55.6 Å². The topological polar surface area (TPSA) is 51.8 Å². The summed E-state index contributed by atoms with van der Waals surface area (Å²) in [5, 5.41) is 2.11. The van der Waals surface area contributed by atoms with Crippen LogP contribution in [0.5, 0.6) is 0 Å².